The van der Waals surface area contributed by atoms with Crippen molar-refractivity contribution >= 4 is 46.3 Å². The number of ether oxygens (including phenoxy) is 3. The summed E-state index contributed by atoms with van der Waals surface area (Å²) in [4.78, 5) is 25.8. The van der Waals surface area contributed by atoms with Gasteiger partial charge in [0.05, 0.1) is 32.2 Å². The minimum absolute atomic E-state index is 0.105. The van der Waals surface area contributed by atoms with E-state index in [9.17, 15) is 9.59 Å². The van der Waals surface area contributed by atoms with Crippen LogP contribution in [-0.2, 0) is 14.3 Å². The maximum Gasteiger partial charge on any atom is 0.307 e. The lowest BCUT2D eigenvalue weighted by Gasteiger charge is -2.13. The molecule has 0 atom stereocenters. The second-order valence-corrected chi connectivity index (χ2v) is 7.80. The van der Waals surface area contributed by atoms with Gasteiger partial charge in [-0.05, 0) is 30.2 Å². The molecular formula is C20H25NO5S2. The molecule has 1 saturated heterocycles. The van der Waals surface area contributed by atoms with E-state index >= 15 is 0 Å². The summed E-state index contributed by atoms with van der Waals surface area (Å²) >= 11 is 6.49. The molecule has 0 N–H and O–H groups in total. The van der Waals surface area contributed by atoms with Gasteiger partial charge in [0.2, 0.25) is 0 Å². The van der Waals surface area contributed by atoms with E-state index < -0.39 is 0 Å². The summed E-state index contributed by atoms with van der Waals surface area (Å²) in [6.45, 7) is 3.00. The van der Waals surface area contributed by atoms with Gasteiger partial charge in [-0.1, -0.05) is 49.8 Å². The van der Waals surface area contributed by atoms with E-state index in [1.165, 1.54) is 23.8 Å². The van der Waals surface area contributed by atoms with Gasteiger partial charge in [-0.2, -0.15) is 0 Å². The Labute approximate surface area is 175 Å². The first-order chi connectivity index (χ1) is 13.5. The summed E-state index contributed by atoms with van der Waals surface area (Å²) in [6.07, 6.45) is 5.12. The zero-order chi connectivity index (χ0) is 20.5. The maximum absolute atomic E-state index is 12.6. The van der Waals surface area contributed by atoms with Crippen molar-refractivity contribution in [3.8, 4) is 11.5 Å². The standard InChI is InChI=1S/C20H25NO5S2/c1-4-5-6-11-26-15-8-7-14(12-16(15)24-2)13-17-19(23)21(20(27)28-17)10-9-18(22)25-3/h7-8,12-13H,4-6,9-11H2,1-3H3/b17-13-. The average Bonchev–Trinajstić information content (AvgIpc) is 2.96. The summed E-state index contributed by atoms with van der Waals surface area (Å²) in [6, 6.07) is 5.55. The van der Waals surface area contributed by atoms with Crippen LogP contribution in [0.3, 0.4) is 0 Å². The van der Waals surface area contributed by atoms with E-state index in [1.54, 1.807) is 13.2 Å². The van der Waals surface area contributed by atoms with Crippen LogP contribution in [0.1, 0.15) is 38.2 Å². The number of benzene rings is 1. The second-order valence-electron chi connectivity index (χ2n) is 6.13. The molecule has 1 aliphatic rings. The maximum atomic E-state index is 12.6. The highest BCUT2D eigenvalue weighted by Gasteiger charge is 2.32. The van der Waals surface area contributed by atoms with Gasteiger partial charge in [0.25, 0.3) is 5.91 Å². The van der Waals surface area contributed by atoms with Gasteiger partial charge in [0.15, 0.2) is 11.5 Å². The molecule has 2 rings (SSSR count). The van der Waals surface area contributed by atoms with Gasteiger partial charge < -0.3 is 14.2 Å². The predicted molar refractivity (Wildman–Crippen MR) is 115 cm³/mol. The number of thiocarbonyl (C=S) groups is 1. The topological polar surface area (TPSA) is 65.1 Å². The number of thioether (sulfide) groups is 1. The van der Waals surface area contributed by atoms with E-state index in [-0.39, 0.29) is 24.8 Å². The fourth-order valence-corrected chi connectivity index (χ4v) is 3.89. The first kappa shape index (κ1) is 22.2. The molecule has 6 nitrogen and oxygen atoms in total. The highest BCUT2D eigenvalue weighted by atomic mass is 32.2. The zero-order valence-corrected chi connectivity index (χ0v) is 18.0. The fraction of sp³-hybridized carbons (Fsp3) is 0.450. The zero-order valence-electron chi connectivity index (χ0n) is 16.4. The first-order valence-electron chi connectivity index (χ1n) is 9.13. The smallest absolute Gasteiger partial charge is 0.307 e. The quantitative estimate of drug-likeness (QED) is 0.244. The molecule has 1 amide bonds. The lowest BCUT2D eigenvalue weighted by molar-refractivity contribution is -0.140. The molecular weight excluding hydrogens is 398 g/mol. The van der Waals surface area contributed by atoms with Crippen molar-refractivity contribution in [3.63, 3.8) is 0 Å². The van der Waals surface area contributed by atoms with E-state index in [0.29, 0.717) is 27.3 Å². The van der Waals surface area contributed by atoms with Gasteiger partial charge in [0, 0.05) is 6.54 Å². The van der Waals surface area contributed by atoms with Gasteiger partial charge in [-0.15, -0.1) is 0 Å². The summed E-state index contributed by atoms with van der Waals surface area (Å²) in [5.41, 5.74) is 0.811. The number of amides is 1. The van der Waals surface area contributed by atoms with Crippen LogP contribution in [0.5, 0.6) is 11.5 Å². The third-order valence-corrected chi connectivity index (χ3v) is 5.51. The number of hydrogen-bond donors (Lipinski definition) is 0. The highest BCUT2D eigenvalue weighted by molar-refractivity contribution is 8.26. The van der Waals surface area contributed by atoms with Crippen LogP contribution in [0.2, 0.25) is 0 Å². The third-order valence-electron chi connectivity index (χ3n) is 4.13. The molecule has 0 unspecified atom stereocenters. The molecule has 0 spiro atoms. The van der Waals surface area contributed by atoms with Crippen LogP contribution in [0.15, 0.2) is 23.1 Å². The predicted octanol–water partition coefficient (Wildman–Crippen LogP) is 4.03. The third kappa shape index (κ3) is 5.97. The minimum atomic E-state index is -0.378. The molecule has 0 saturated carbocycles. The molecule has 0 radical (unpaired) electrons. The monoisotopic (exact) mass is 423 g/mol. The van der Waals surface area contributed by atoms with E-state index in [0.717, 1.165) is 24.8 Å². The Balaban J connectivity index is 2.08. The van der Waals surface area contributed by atoms with Crippen LogP contribution >= 0.6 is 24.0 Å². The van der Waals surface area contributed by atoms with Crippen molar-refractivity contribution in [1.82, 2.24) is 4.90 Å². The van der Waals surface area contributed by atoms with Crippen molar-refractivity contribution in [1.29, 1.82) is 0 Å². The fourth-order valence-electron chi connectivity index (χ4n) is 2.58. The van der Waals surface area contributed by atoms with Crippen molar-refractivity contribution in [2.45, 2.75) is 32.6 Å². The molecule has 1 aliphatic heterocycles. The Morgan fingerprint density at radius 1 is 1.25 bits per heavy atom. The van der Waals surface area contributed by atoms with Crippen molar-refractivity contribution in [2.75, 3.05) is 27.4 Å². The molecule has 1 aromatic carbocycles. The van der Waals surface area contributed by atoms with Crippen LogP contribution < -0.4 is 9.47 Å². The lowest BCUT2D eigenvalue weighted by Crippen LogP contribution is -2.30. The number of rotatable bonds is 10. The second kappa shape index (κ2) is 11.1. The molecule has 1 heterocycles. The summed E-state index contributed by atoms with van der Waals surface area (Å²) < 4.78 is 16.3. The summed E-state index contributed by atoms with van der Waals surface area (Å²) in [5, 5.41) is 0. The van der Waals surface area contributed by atoms with Crippen molar-refractivity contribution in [3.05, 3.63) is 28.7 Å². The number of carbonyl (C=O) groups excluding carboxylic acids is 2. The van der Waals surface area contributed by atoms with Gasteiger partial charge in [-0.3, -0.25) is 14.5 Å². The Kier molecular flexibility index (Phi) is 8.79. The Morgan fingerprint density at radius 2 is 2.04 bits per heavy atom. The number of nitrogens with zero attached hydrogens (tertiary/aromatic N) is 1. The number of hydrogen-bond acceptors (Lipinski definition) is 7. The number of methoxy groups -OCH3 is 2. The van der Waals surface area contributed by atoms with Crippen LogP contribution in [0.4, 0.5) is 0 Å². The lowest BCUT2D eigenvalue weighted by atomic mass is 10.2. The van der Waals surface area contributed by atoms with E-state index in [4.69, 9.17) is 21.7 Å². The van der Waals surface area contributed by atoms with Crippen LogP contribution in [0.25, 0.3) is 6.08 Å². The van der Waals surface area contributed by atoms with E-state index in [1.807, 2.05) is 18.2 Å². The summed E-state index contributed by atoms with van der Waals surface area (Å²) in [7, 11) is 2.90. The average molecular weight is 424 g/mol. The van der Waals surface area contributed by atoms with E-state index in [2.05, 4.69) is 11.7 Å². The number of unbranched alkanes of at least 4 members (excludes halogenated alkanes) is 2. The molecule has 152 valence electrons. The Morgan fingerprint density at radius 3 is 2.71 bits per heavy atom. The SMILES string of the molecule is CCCCCOc1ccc(/C=C2\SC(=S)N(CCC(=O)OC)C2=O)cc1OC. The van der Waals surface area contributed by atoms with Crippen LogP contribution in [0, 0.1) is 0 Å². The van der Waals surface area contributed by atoms with Crippen LogP contribution in [-0.4, -0.2) is 48.5 Å². The largest absolute Gasteiger partial charge is 0.493 e. The molecule has 28 heavy (non-hydrogen) atoms. The molecule has 0 bridgehead atoms. The number of esters is 1. The minimum Gasteiger partial charge on any atom is -0.493 e. The molecule has 1 fully saturated rings. The first-order valence-corrected chi connectivity index (χ1v) is 10.4. The van der Waals surface area contributed by atoms with Gasteiger partial charge >= 0.3 is 5.97 Å². The molecule has 0 aromatic heterocycles. The normalized spacial score (nSPS) is 15.2. The Bertz CT molecular complexity index is 763. The van der Waals surface area contributed by atoms with Gasteiger partial charge in [-0.25, -0.2) is 0 Å². The highest BCUT2D eigenvalue weighted by Crippen LogP contribution is 2.34. The molecule has 1 aromatic rings. The Hall–Kier alpha value is -2.06. The molecule has 8 heteroatoms. The van der Waals surface area contributed by atoms with Crippen molar-refractivity contribution < 1.29 is 23.8 Å². The number of carbonyl (C=O) groups is 2. The van der Waals surface area contributed by atoms with Gasteiger partial charge in [0.1, 0.15) is 4.32 Å². The summed E-state index contributed by atoms with van der Waals surface area (Å²) in [5.74, 6) is 0.711. The van der Waals surface area contributed by atoms with Crippen molar-refractivity contribution in [2.24, 2.45) is 0 Å². The molecule has 0 aliphatic carbocycles.